The summed E-state index contributed by atoms with van der Waals surface area (Å²) in [7, 11) is 1.58. The van der Waals surface area contributed by atoms with E-state index in [9.17, 15) is 9.59 Å². The summed E-state index contributed by atoms with van der Waals surface area (Å²) in [4.78, 5) is 27.3. The van der Waals surface area contributed by atoms with Gasteiger partial charge in [-0.05, 0) is 24.1 Å². The van der Waals surface area contributed by atoms with Gasteiger partial charge < -0.3 is 20.3 Å². The summed E-state index contributed by atoms with van der Waals surface area (Å²) < 4.78 is 5.01. The van der Waals surface area contributed by atoms with Crippen molar-refractivity contribution in [2.45, 2.75) is 25.6 Å². The fraction of sp³-hybridized carbons (Fsp3) is 0.273. The highest BCUT2D eigenvalue weighted by Gasteiger charge is 2.32. The molecule has 1 aromatic heterocycles. The van der Waals surface area contributed by atoms with Crippen LogP contribution in [-0.4, -0.2) is 40.6 Å². The van der Waals surface area contributed by atoms with Gasteiger partial charge in [0.2, 0.25) is 11.0 Å². The van der Waals surface area contributed by atoms with Crippen LogP contribution in [0.3, 0.4) is 0 Å². The Kier molecular flexibility index (Phi) is 6.54. The Bertz CT molecular complexity index is 1060. The number of ether oxygens (including phenoxy) is 1. The molecule has 0 saturated carbocycles. The molecule has 1 atom stereocenters. The second kappa shape index (κ2) is 9.67. The molecule has 2 aromatic carbocycles. The molecule has 0 bridgehead atoms. The number of aromatic nitrogens is 2. The van der Waals surface area contributed by atoms with Crippen LogP contribution in [0.4, 0.5) is 10.8 Å². The topological polar surface area (TPSA) is 96.5 Å². The first-order chi connectivity index (χ1) is 15.2. The van der Waals surface area contributed by atoms with E-state index in [1.807, 2.05) is 54.6 Å². The summed E-state index contributed by atoms with van der Waals surface area (Å²) in [5, 5.41) is 15.3. The first-order valence-corrected chi connectivity index (χ1v) is 10.8. The number of carbonyl (C=O) groups excluding carboxylic acids is 2. The lowest BCUT2D eigenvalue weighted by Gasteiger charge is -2.38. The molecular formula is C22H23N5O3S. The van der Waals surface area contributed by atoms with Gasteiger partial charge in [0, 0.05) is 25.8 Å². The molecule has 8 nitrogen and oxygen atoms in total. The highest BCUT2D eigenvalue weighted by Crippen LogP contribution is 2.33. The standard InChI is InChI=1S/C22H23N5O3S/c1-30-14-19-25-26-22(31-19)24-18(28)12-7-13-27-20(15-8-3-2-4-9-15)23-17-11-6-5-10-16(17)21(27)29/h2-6,8-11,20,23H,7,12-14H2,1H3,(H,24,26,28)/t20-/m0/s1. The Hall–Kier alpha value is -3.30. The Morgan fingerprint density at radius 3 is 2.74 bits per heavy atom. The number of nitrogens with one attached hydrogen (secondary N) is 2. The maximum Gasteiger partial charge on any atom is 0.257 e. The van der Waals surface area contributed by atoms with Gasteiger partial charge in [-0.2, -0.15) is 0 Å². The molecule has 0 saturated heterocycles. The van der Waals surface area contributed by atoms with Crippen molar-refractivity contribution in [1.29, 1.82) is 0 Å². The van der Waals surface area contributed by atoms with Crippen LogP contribution in [-0.2, 0) is 16.1 Å². The van der Waals surface area contributed by atoms with E-state index in [1.165, 1.54) is 11.3 Å². The molecule has 2 N–H and O–H groups in total. The molecule has 1 aliphatic heterocycles. The SMILES string of the molecule is COCc1nnc(NC(=O)CCCN2C(=O)c3ccccc3N[C@@H]2c2ccccc2)s1. The molecule has 0 unspecified atom stereocenters. The Labute approximate surface area is 184 Å². The highest BCUT2D eigenvalue weighted by molar-refractivity contribution is 7.15. The summed E-state index contributed by atoms with van der Waals surface area (Å²) in [5.74, 6) is -0.203. The van der Waals surface area contributed by atoms with Crippen LogP contribution in [0.1, 0.15) is 39.9 Å². The lowest BCUT2D eigenvalue weighted by Crippen LogP contribution is -2.43. The van der Waals surface area contributed by atoms with E-state index >= 15 is 0 Å². The van der Waals surface area contributed by atoms with Crippen LogP contribution in [0.2, 0.25) is 0 Å². The maximum atomic E-state index is 13.2. The van der Waals surface area contributed by atoms with E-state index in [-0.39, 0.29) is 24.4 Å². The first kappa shape index (κ1) is 21.0. The molecule has 2 amide bonds. The smallest absolute Gasteiger partial charge is 0.257 e. The number of methoxy groups -OCH3 is 1. The number of carbonyl (C=O) groups is 2. The average molecular weight is 438 g/mol. The normalized spacial score (nSPS) is 15.3. The van der Waals surface area contributed by atoms with Crippen LogP contribution >= 0.6 is 11.3 Å². The van der Waals surface area contributed by atoms with Crippen molar-refractivity contribution < 1.29 is 14.3 Å². The summed E-state index contributed by atoms with van der Waals surface area (Å²) in [6, 6.07) is 17.3. The predicted molar refractivity (Wildman–Crippen MR) is 119 cm³/mol. The molecule has 0 fully saturated rings. The van der Waals surface area contributed by atoms with Gasteiger partial charge in [-0.15, -0.1) is 10.2 Å². The fourth-order valence-electron chi connectivity index (χ4n) is 3.50. The molecule has 31 heavy (non-hydrogen) atoms. The molecule has 4 rings (SSSR count). The van der Waals surface area contributed by atoms with Gasteiger partial charge in [0.1, 0.15) is 17.8 Å². The fourth-order valence-corrected chi connectivity index (χ4v) is 4.23. The molecule has 0 spiro atoms. The van der Waals surface area contributed by atoms with Gasteiger partial charge in [0.15, 0.2) is 0 Å². The largest absolute Gasteiger partial charge is 0.377 e. The monoisotopic (exact) mass is 437 g/mol. The number of amides is 2. The zero-order chi connectivity index (χ0) is 21.6. The Morgan fingerprint density at radius 1 is 1.16 bits per heavy atom. The number of anilines is 2. The summed E-state index contributed by atoms with van der Waals surface area (Å²) in [6.45, 7) is 0.804. The van der Waals surface area contributed by atoms with Crippen molar-refractivity contribution in [3.05, 3.63) is 70.7 Å². The second-order valence-electron chi connectivity index (χ2n) is 7.09. The van der Waals surface area contributed by atoms with Crippen molar-refractivity contribution in [2.24, 2.45) is 0 Å². The molecular weight excluding hydrogens is 414 g/mol. The van der Waals surface area contributed by atoms with E-state index in [0.717, 1.165) is 11.3 Å². The van der Waals surface area contributed by atoms with E-state index in [1.54, 1.807) is 12.0 Å². The lowest BCUT2D eigenvalue weighted by molar-refractivity contribution is -0.116. The molecule has 0 radical (unpaired) electrons. The van der Waals surface area contributed by atoms with E-state index in [4.69, 9.17) is 4.74 Å². The number of hydrogen-bond donors (Lipinski definition) is 2. The third-order valence-electron chi connectivity index (χ3n) is 4.92. The molecule has 0 aliphatic carbocycles. The third kappa shape index (κ3) is 4.89. The van der Waals surface area contributed by atoms with Crippen molar-refractivity contribution in [3.63, 3.8) is 0 Å². The van der Waals surface area contributed by atoms with E-state index < -0.39 is 0 Å². The maximum absolute atomic E-state index is 13.2. The number of nitrogens with zero attached hydrogens (tertiary/aromatic N) is 3. The van der Waals surface area contributed by atoms with Gasteiger partial charge >= 0.3 is 0 Å². The zero-order valence-electron chi connectivity index (χ0n) is 17.1. The van der Waals surface area contributed by atoms with Gasteiger partial charge in [-0.25, -0.2) is 0 Å². The lowest BCUT2D eigenvalue weighted by atomic mass is 10.0. The van der Waals surface area contributed by atoms with Crippen molar-refractivity contribution in [2.75, 3.05) is 24.3 Å². The molecule has 160 valence electrons. The quantitative estimate of drug-likeness (QED) is 0.558. The van der Waals surface area contributed by atoms with Crippen molar-refractivity contribution >= 4 is 34.0 Å². The second-order valence-corrected chi connectivity index (χ2v) is 8.15. The average Bonchev–Trinajstić information content (AvgIpc) is 3.22. The van der Waals surface area contributed by atoms with Gasteiger partial charge in [0.25, 0.3) is 5.91 Å². The first-order valence-electron chi connectivity index (χ1n) is 9.98. The number of para-hydroxylation sites is 1. The van der Waals surface area contributed by atoms with Gasteiger partial charge in [-0.1, -0.05) is 53.8 Å². The summed E-state index contributed by atoms with van der Waals surface area (Å²) in [5.41, 5.74) is 2.45. The number of benzene rings is 2. The summed E-state index contributed by atoms with van der Waals surface area (Å²) in [6.07, 6.45) is 0.507. The summed E-state index contributed by atoms with van der Waals surface area (Å²) >= 11 is 1.28. The van der Waals surface area contributed by atoms with Crippen LogP contribution in [0, 0.1) is 0 Å². The van der Waals surface area contributed by atoms with Crippen LogP contribution in [0.25, 0.3) is 0 Å². The minimum absolute atomic E-state index is 0.0445. The zero-order valence-corrected chi connectivity index (χ0v) is 17.9. The third-order valence-corrected chi connectivity index (χ3v) is 5.73. The minimum Gasteiger partial charge on any atom is -0.377 e. The van der Waals surface area contributed by atoms with Crippen LogP contribution in [0.5, 0.6) is 0 Å². The Morgan fingerprint density at radius 2 is 1.94 bits per heavy atom. The predicted octanol–water partition coefficient (Wildman–Crippen LogP) is 3.67. The highest BCUT2D eigenvalue weighted by atomic mass is 32.1. The van der Waals surface area contributed by atoms with Crippen molar-refractivity contribution in [1.82, 2.24) is 15.1 Å². The minimum atomic E-state index is -0.286. The molecule has 3 aromatic rings. The van der Waals surface area contributed by atoms with Crippen LogP contribution in [0.15, 0.2) is 54.6 Å². The number of rotatable bonds is 8. The number of hydrogen-bond acceptors (Lipinski definition) is 7. The van der Waals surface area contributed by atoms with Crippen LogP contribution < -0.4 is 10.6 Å². The van der Waals surface area contributed by atoms with Gasteiger partial charge in [-0.3, -0.25) is 9.59 Å². The van der Waals surface area contributed by atoms with E-state index in [2.05, 4.69) is 20.8 Å². The molecule has 2 heterocycles. The van der Waals surface area contributed by atoms with Crippen molar-refractivity contribution in [3.8, 4) is 0 Å². The Balaban J connectivity index is 1.41. The number of fused-ring (bicyclic) bond motifs is 1. The van der Waals surface area contributed by atoms with E-state index in [0.29, 0.717) is 35.3 Å². The molecule has 1 aliphatic rings. The van der Waals surface area contributed by atoms with Gasteiger partial charge in [0.05, 0.1) is 5.56 Å². The molecule has 9 heteroatoms.